The van der Waals surface area contributed by atoms with Crippen molar-refractivity contribution in [1.82, 2.24) is 4.72 Å². The summed E-state index contributed by atoms with van der Waals surface area (Å²) in [5.41, 5.74) is 0. The second-order valence-corrected chi connectivity index (χ2v) is 6.51. The zero-order valence-corrected chi connectivity index (χ0v) is 9.58. The van der Waals surface area contributed by atoms with Crippen molar-refractivity contribution in [1.29, 1.82) is 0 Å². The smallest absolute Gasteiger partial charge is 0.261 e. The van der Waals surface area contributed by atoms with E-state index in [1.807, 2.05) is 0 Å². The predicted molar refractivity (Wildman–Crippen MR) is 59.4 cm³/mol. The lowest BCUT2D eigenvalue weighted by Crippen LogP contribution is -2.26. The van der Waals surface area contributed by atoms with Crippen molar-refractivity contribution in [3.05, 3.63) is 17.5 Å². The number of sulfonamides is 1. The van der Waals surface area contributed by atoms with Crippen molar-refractivity contribution in [3.63, 3.8) is 0 Å². The van der Waals surface area contributed by atoms with Crippen molar-refractivity contribution in [2.75, 3.05) is 12.3 Å². The first-order valence-electron chi connectivity index (χ1n) is 3.92. The minimum Gasteiger partial charge on any atom is -0.261 e. The summed E-state index contributed by atoms with van der Waals surface area (Å²) in [4.78, 5) is 4.02. The Hall–Kier alpha value is -0.530. The molecular weight excluding hydrogens is 240 g/mol. The van der Waals surface area contributed by atoms with E-state index in [0.717, 1.165) is 5.75 Å². The van der Waals surface area contributed by atoms with Crippen molar-refractivity contribution in [3.8, 4) is 0 Å². The fourth-order valence-corrected chi connectivity index (χ4v) is 4.00. The van der Waals surface area contributed by atoms with Gasteiger partial charge in [-0.1, -0.05) is 17.8 Å². The summed E-state index contributed by atoms with van der Waals surface area (Å²) in [6.07, 6.45) is 0. The van der Waals surface area contributed by atoms with Gasteiger partial charge in [0.1, 0.15) is 4.21 Å². The molecule has 0 saturated heterocycles. The van der Waals surface area contributed by atoms with Crippen molar-refractivity contribution < 1.29 is 8.42 Å². The number of hydrogen-bond acceptors (Lipinski definition) is 5. The molecule has 2 heterocycles. The van der Waals surface area contributed by atoms with Gasteiger partial charge in [-0.25, -0.2) is 8.42 Å². The molecule has 7 heteroatoms. The van der Waals surface area contributed by atoms with Gasteiger partial charge in [-0.2, -0.15) is 0 Å². The molecule has 0 saturated carbocycles. The molecule has 0 spiro atoms. The number of nitrogens with one attached hydrogen (secondary N) is 1. The maximum atomic E-state index is 11.7. The quantitative estimate of drug-likeness (QED) is 0.853. The fourth-order valence-electron chi connectivity index (χ4n) is 0.979. The Morgan fingerprint density at radius 2 is 2.36 bits per heavy atom. The maximum Gasteiger partial charge on any atom is 0.272 e. The number of rotatable bonds is 2. The van der Waals surface area contributed by atoms with E-state index in [4.69, 9.17) is 0 Å². The molecule has 2 rings (SSSR count). The number of thioether (sulfide) groups is 1. The van der Waals surface area contributed by atoms with Gasteiger partial charge in [0.15, 0.2) is 5.17 Å². The highest BCUT2D eigenvalue weighted by molar-refractivity contribution is 8.15. The molecule has 0 radical (unpaired) electrons. The molecule has 0 unspecified atom stereocenters. The van der Waals surface area contributed by atoms with E-state index in [-0.39, 0.29) is 0 Å². The molecule has 1 aromatic rings. The Balaban J connectivity index is 2.18. The molecule has 1 aliphatic rings. The minimum atomic E-state index is -3.38. The lowest BCUT2D eigenvalue weighted by molar-refractivity contribution is 0.595. The summed E-state index contributed by atoms with van der Waals surface area (Å²) in [6.45, 7) is 0.687. The second kappa shape index (κ2) is 3.92. The van der Waals surface area contributed by atoms with Crippen molar-refractivity contribution in [2.45, 2.75) is 4.21 Å². The first-order chi connectivity index (χ1) is 6.68. The van der Waals surface area contributed by atoms with Gasteiger partial charge in [0.25, 0.3) is 10.0 Å². The van der Waals surface area contributed by atoms with Crippen LogP contribution in [-0.2, 0) is 10.0 Å². The van der Waals surface area contributed by atoms with Crippen LogP contribution in [0.2, 0.25) is 0 Å². The van der Waals surface area contributed by atoms with Crippen LogP contribution in [0.3, 0.4) is 0 Å². The molecule has 14 heavy (non-hydrogen) atoms. The summed E-state index contributed by atoms with van der Waals surface area (Å²) in [7, 11) is -3.38. The van der Waals surface area contributed by atoms with E-state index in [2.05, 4.69) is 9.71 Å². The van der Waals surface area contributed by atoms with Crippen LogP contribution in [0.4, 0.5) is 0 Å². The number of amidine groups is 1. The normalized spacial score (nSPS) is 16.7. The SMILES string of the molecule is O=S(=O)(NC1=NCCS1)c1cccs1. The van der Waals surface area contributed by atoms with Gasteiger partial charge in [-0.3, -0.25) is 9.71 Å². The van der Waals surface area contributed by atoms with Gasteiger partial charge in [0.2, 0.25) is 0 Å². The molecular formula is C7H8N2O2S3. The average molecular weight is 248 g/mol. The van der Waals surface area contributed by atoms with Gasteiger partial charge in [0.05, 0.1) is 6.54 Å². The Kier molecular flexibility index (Phi) is 2.80. The molecule has 0 amide bonds. The van der Waals surface area contributed by atoms with Gasteiger partial charge < -0.3 is 0 Å². The molecule has 0 fully saturated rings. The molecule has 0 aliphatic carbocycles. The third kappa shape index (κ3) is 2.10. The predicted octanol–water partition coefficient (Wildman–Crippen LogP) is 1.13. The largest absolute Gasteiger partial charge is 0.272 e. The van der Waals surface area contributed by atoms with Crippen molar-refractivity contribution in [2.24, 2.45) is 4.99 Å². The van der Waals surface area contributed by atoms with Gasteiger partial charge >= 0.3 is 0 Å². The van der Waals surface area contributed by atoms with E-state index in [1.165, 1.54) is 23.1 Å². The number of hydrogen-bond donors (Lipinski definition) is 1. The first kappa shape index (κ1) is 10.0. The highest BCUT2D eigenvalue weighted by Gasteiger charge is 2.18. The Morgan fingerprint density at radius 1 is 1.50 bits per heavy atom. The highest BCUT2D eigenvalue weighted by atomic mass is 32.2. The second-order valence-electron chi connectivity index (χ2n) is 2.57. The minimum absolute atomic E-state index is 0.327. The monoisotopic (exact) mass is 248 g/mol. The van der Waals surface area contributed by atoms with Crippen LogP contribution in [0.25, 0.3) is 0 Å². The van der Waals surface area contributed by atoms with Gasteiger partial charge in [-0.15, -0.1) is 11.3 Å². The Morgan fingerprint density at radius 3 is 2.93 bits per heavy atom. The summed E-state index contributed by atoms with van der Waals surface area (Å²) in [6, 6.07) is 3.29. The third-order valence-electron chi connectivity index (χ3n) is 1.57. The lowest BCUT2D eigenvalue weighted by Gasteiger charge is -2.03. The summed E-state index contributed by atoms with van der Waals surface area (Å²) < 4.78 is 26.1. The van der Waals surface area contributed by atoms with Crippen LogP contribution in [0.5, 0.6) is 0 Å². The number of aliphatic imine (C=N–C) groups is 1. The van der Waals surface area contributed by atoms with Gasteiger partial charge in [-0.05, 0) is 11.4 Å². The molecule has 76 valence electrons. The molecule has 1 N–H and O–H groups in total. The zero-order valence-electron chi connectivity index (χ0n) is 7.13. The highest BCUT2D eigenvalue weighted by Crippen LogP contribution is 2.17. The van der Waals surface area contributed by atoms with Gasteiger partial charge in [0, 0.05) is 5.75 Å². The van der Waals surface area contributed by atoms with Crippen LogP contribution >= 0.6 is 23.1 Å². The topological polar surface area (TPSA) is 58.5 Å². The first-order valence-corrected chi connectivity index (χ1v) is 7.27. The number of thiophene rings is 1. The van der Waals surface area contributed by atoms with Crippen LogP contribution in [0.15, 0.2) is 26.7 Å². The average Bonchev–Trinajstić information content (AvgIpc) is 2.71. The third-order valence-corrected chi connectivity index (χ3v) is 5.32. The summed E-state index contributed by atoms with van der Waals surface area (Å²) in [5, 5.41) is 2.23. The lowest BCUT2D eigenvalue weighted by atomic mass is 10.7. The summed E-state index contributed by atoms with van der Waals surface area (Å²) >= 11 is 2.63. The molecule has 0 bridgehead atoms. The molecule has 1 aromatic heterocycles. The Bertz CT molecular complexity index is 436. The zero-order chi connectivity index (χ0) is 10.0. The summed E-state index contributed by atoms with van der Waals surface area (Å²) in [5.74, 6) is 0.849. The van der Waals surface area contributed by atoms with E-state index in [0.29, 0.717) is 15.9 Å². The molecule has 4 nitrogen and oxygen atoms in total. The van der Waals surface area contributed by atoms with E-state index in [1.54, 1.807) is 17.5 Å². The molecule has 1 aliphatic heterocycles. The van der Waals surface area contributed by atoms with Crippen LogP contribution < -0.4 is 4.72 Å². The Labute approximate surface area is 90.5 Å². The fraction of sp³-hybridized carbons (Fsp3) is 0.286. The van der Waals surface area contributed by atoms with E-state index < -0.39 is 10.0 Å². The number of nitrogens with zero attached hydrogens (tertiary/aromatic N) is 1. The molecule has 0 aromatic carbocycles. The van der Waals surface area contributed by atoms with Crippen LogP contribution in [0.1, 0.15) is 0 Å². The molecule has 0 atom stereocenters. The maximum absolute atomic E-state index is 11.7. The van der Waals surface area contributed by atoms with E-state index >= 15 is 0 Å². The van der Waals surface area contributed by atoms with Crippen LogP contribution in [0, 0.1) is 0 Å². The van der Waals surface area contributed by atoms with Crippen molar-refractivity contribution >= 4 is 38.3 Å². The van der Waals surface area contributed by atoms with Crippen LogP contribution in [-0.4, -0.2) is 25.9 Å². The van der Waals surface area contributed by atoms with E-state index in [9.17, 15) is 8.42 Å². The standard InChI is InChI=1S/C7H8N2O2S3/c10-14(11,6-2-1-4-12-6)9-7-8-3-5-13-7/h1-2,4H,3,5H2,(H,8,9).